The first-order valence-corrected chi connectivity index (χ1v) is 7.79. The third kappa shape index (κ3) is 7.56. The van der Waals surface area contributed by atoms with Crippen LogP contribution >= 0.6 is 0 Å². The lowest BCUT2D eigenvalue weighted by Crippen LogP contribution is -2.32. The van der Waals surface area contributed by atoms with E-state index < -0.39 is 0 Å². The van der Waals surface area contributed by atoms with Gasteiger partial charge in [-0.25, -0.2) is 4.79 Å². The normalized spacial score (nSPS) is 11.0. The van der Waals surface area contributed by atoms with Crippen LogP contribution in [0.3, 0.4) is 0 Å². The summed E-state index contributed by atoms with van der Waals surface area (Å²) in [7, 11) is 3.02. The predicted octanol–water partition coefficient (Wildman–Crippen LogP) is 0.973. The summed E-state index contributed by atoms with van der Waals surface area (Å²) >= 11 is 0. The van der Waals surface area contributed by atoms with Crippen molar-refractivity contribution in [3.8, 4) is 0 Å². The van der Waals surface area contributed by atoms with Crippen molar-refractivity contribution in [1.29, 1.82) is 0 Å². The number of carbonyl (C=O) groups is 1. The first-order valence-electron chi connectivity index (χ1n) is 7.79. The predicted molar refractivity (Wildman–Crippen MR) is 87.7 cm³/mol. The van der Waals surface area contributed by atoms with E-state index in [0.29, 0.717) is 38.3 Å². The minimum atomic E-state index is -0.322. The van der Waals surface area contributed by atoms with E-state index in [1.165, 1.54) is 7.11 Å². The molecule has 0 radical (unpaired) electrons. The smallest absolute Gasteiger partial charge is 0.338 e. The molecular formula is C17H27NO5. The summed E-state index contributed by atoms with van der Waals surface area (Å²) in [5.41, 5.74) is 1.54. The SMILES string of the molecule is COCCOCCN(CCO)CCc1ccccc1C(=O)OC. The van der Waals surface area contributed by atoms with Crippen molar-refractivity contribution in [3.05, 3.63) is 35.4 Å². The largest absolute Gasteiger partial charge is 0.465 e. The van der Waals surface area contributed by atoms with Crippen molar-refractivity contribution >= 4 is 5.97 Å². The Morgan fingerprint density at radius 2 is 1.87 bits per heavy atom. The molecule has 0 aromatic heterocycles. The van der Waals surface area contributed by atoms with Crippen LogP contribution in [0.1, 0.15) is 15.9 Å². The number of aliphatic hydroxyl groups is 1. The van der Waals surface area contributed by atoms with E-state index in [2.05, 4.69) is 4.90 Å². The van der Waals surface area contributed by atoms with Gasteiger partial charge in [-0.15, -0.1) is 0 Å². The number of rotatable bonds is 12. The Labute approximate surface area is 138 Å². The Hall–Kier alpha value is -1.47. The number of benzene rings is 1. The maximum Gasteiger partial charge on any atom is 0.338 e. The van der Waals surface area contributed by atoms with Crippen LogP contribution in [0.5, 0.6) is 0 Å². The molecule has 1 aromatic rings. The summed E-state index contributed by atoms with van der Waals surface area (Å²) < 4.78 is 15.2. The summed E-state index contributed by atoms with van der Waals surface area (Å²) in [6.45, 7) is 3.86. The van der Waals surface area contributed by atoms with Crippen LogP contribution in [0.4, 0.5) is 0 Å². The van der Waals surface area contributed by atoms with Gasteiger partial charge >= 0.3 is 5.97 Å². The number of hydrogen-bond acceptors (Lipinski definition) is 6. The van der Waals surface area contributed by atoms with Gasteiger partial charge in [0.05, 0.1) is 39.1 Å². The molecule has 0 saturated carbocycles. The van der Waals surface area contributed by atoms with Crippen LogP contribution in [0, 0.1) is 0 Å². The maximum absolute atomic E-state index is 11.8. The molecule has 23 heavy (non-hydrogen) atoms. The number of ether oxygens (including phenoxy) is 3. The zero-order chi connectivity index (χ0) is 16.9. The second-order valence-corrected chi connectivity index (χ2v) is 5.07. The standard InChI is InChI=1S/C17H27NO5/c1-21-13-14-23-12-10-18(9-11-19)8-7-15-5-3-4-6-16(15)17(20)22-2/h3-6,19H,7-14H2,1-2H3. The first-order chi connectivity index (χ1) is 11.2. The van der Waals surface area contributed by atoms with Crippen LogP contribution < -0.4 is 0 Å². The summed E-state index contributed by atoms with van der Waals surface area (Å²) in [6.07, 6.45) is 0.712. The second kappa shape index (κ2) is 12.0. The monoisotopic (exact) mass is 325 g/mol. The van der Waals surface area contributed by atoms with E-state index >= 15 is 0 Å². The van der Waals surface area contributed by atoms with Gasteiger partial charge in [0.1, 0.15) is 0 Å². The molecule has 0 heterocycles. The molecule has 0 saturated heterocycles. The third-order valence-electron chi connectivity index (χ3n) is 3.52. The lowest BCUT2D eigenvalue weighted by molar-refractivity contribution is 0.0543. The van der Waals surface area contributed by atoms with Crippen LogP contribution in [0.25, 0.3) is 0 Å². The highest BCUT2D eigenvalue weighted by atomic mass is 16.5. The Kier molecular flexibility index (Phi) is 10.2. The molecule has 0 amide bonds. The molecule has 130 valence electrons. The number of hydrogen-bond donors (Lipinski definition) is 1. The average Bonchev–Trinajstić information content (AvgIpc) is 2.59. The molecule has 0 atom stereocenters. The molecule has 1 N–H and O–H groups in total. The van der Waals surface area contributed by atoms with Gasteiger partial charge in [-0.05, 0) is 18.1 Å². The molecule has 0 aliphatic heterocycles. The first kappa shape index (κ1) is 19.6. The van der Waals surface area contributed by atoms with Crippen LogP contribution in [0.15, 0.2) is 24.3 Å². The molecule has 1 rings (SSSR count). The fourth-order valence-corrected chi connectivity index (χ4v) is 2.24. The Balaban J connectivity index is 2.50. The zero-order valence-corrected chi connectivity index (χ0v) is 14.0. The number of nitrogens with zero attached hydrogens (tertiary/aromatic N) is 1. The zero-order valence-electron chi connectivity index (χ0n) is 14.0. The van der Waals surface area contributed by atoms with E-state index in [9.17, 15) is 9.90 Å². The van der Waals surface area contributed by atoms with Gasteiger partial charge in [0, 0.05) is 26.7 Å². The topological polar surface area (TPSA) is 68.2 Å². The van der Waals surface area contributed by atoms with Gasteiger partial charge in [-0.2, -0.15) is 0 Å². The van der Waals surface area contributed by atoms with Crippen molar-refractivity contribution in [1.82, 2.24) is 4.90 Å². The minimum Gasteiger partial charge on any atom is -0.465 e. The lowest BCUT2D eigenvalue weighted by atomic mass is 10.0. The molecule has 0 unspecified atom stereocenters. The average molecular weight is 325 g/mol. The van der Waals surface area contributed by atoms with Crippen molar-refractivity contribution in [3.63, 3.8) is 0 Å². The van der Waals surface area contributed by atoms with E-state index in [-0.39, 0.29) is 12.6 Å². The molecule has 0 aliphatic carbocycles. The Morgan fingerprint density at radius 3 is 2.57 bits per heavy atom. The fraction of sp³-hybridized carbons (Fsp3) is 0.588. The third-order valence-corrected chi connectivity index (χ3v) is 3.52. The molecule has 0 bridgehead atoms. The van der Waals surface area contributed by atoms with Crippen molar-refractivity contribution < 1.29 is 24.1 Å². The van der Waals surface area contributed by atoms with Crippen LogP contribution in [-0.4, -0.2) is 76.3 Å². The Morgan fingerprint density at radius 1 is 1.09 bits per heavy atom. The van der Waals surface area contributed by atoms with Gasteiger partial charge < -0.3 is 19.3 Å². The molecule has 6 heteroatoms. The quantitative estimate of drug-likeness (QED) is 0.456. The highest BCUT2D eigenvalue weighted by molar-refractivity contribution is 5.90. The second-order valence-electron chi connectivity index (χ2n) is 5.07. The Bertz CT molecular complexity index is 452. The number of carbonyl (C=O) groups excluding carboxylic acids is 1. The van der Waals surface area contributed by atoms with Gasteiger partial charge in [-0.1, -0.05) is 18.2 Å². The van der Waals surface area contributed by atoms with Crippen LogP contribution in [-0.2, 0) is 20.6 Å². The molecule has 1 aromatic carbocycles. The summed E-state index contributed by atoms with van der Waals surface area (Å²) in [5, 5.41) is 9.18. The van der Waals surface area contributed by atoms with Crippen molar-refractivity contribution in [2.45, 2.75) is 6.42 Å². The molecule has 0 spiro atoms. The summed E-state index contributed by atoms with van der Waals surface area (Å²) in [4.78, 5) is 13.9. The van der Waals surface area contributed by atoms with E-state index in [1.54, 1.807) is 13.2 Å². The van der Waals surface area contributed by atoms with Gasteiger partial charge in [0.15, 0.2) is 0 Å². The van der Waals surface area contributed by atoms with Crippen molar-refractivity contribution in [2.75, 3.05) is 60.3 Å². The van der Waals surface area contributed by atoms with E-state index in [0.717, 1.165) is 18.7 Å². The molecule has 0 fully saturated rings. The fourth-order valence-electron chi connectivity index (χ4n) is 2.24. The number of esters is 1. The summed E-state index contributed by atoms with van der Waals surface area (Å²) in [5.74, 6) is -0.322. The molecule has 0 aliphatic rings. The van der Waals surface area contributed by atoms with Gasteiger partial charge in [0.25, 0.3) is 0 Å². The van der Waals surface area contributed by atoms with Crippen molar-refractivity contribution in [2.24, 2.45) is 0 Å². The van der Waals surface area contributed by atoms with Crippen LogP contribution in [0.2, 0.25) is 0 Å². The highest BCUT2D eigenvalue weighted by Crippen LogP contribution is 2.11. The lowest BCUT2D eigenvalue weighted by Gasteiger charge is -2.21. The van der Waals surface area contributed by atoms with E-state index in [4.69, 9.17) is 14.2 Å². The number of aliphatic hydroxyl groups excluding tert-OH is 1. The van der Waals surface area contributed by atoms with Gasteiger partial charge in [-0.3, -0.25) is 4.90 Å². The molecular weight excluding hydrogens is 298 g/mol. The van der Waals surface area contributed by atoms with E-state index in [1.807, 2.05) is 18.2 Å². The molecule has 6 nitrogen and oxygen atoms in total. The number of methoxy groups -OCH3 is 2. The maximum atomic E-state index is 11.8. The van der Waals surface area contributed by atoms with Gasteiger partial charge in [0.2, 0.25) is 0 Å². The minimum absolute atomic E-state index is 0.0940. The summed E-state index contributed by atoms with van der Waals surface area (Å²) in [6, 6.07) is 7.43. The highest BCUT2D eigenvalue weighted by Gasteiger charge is 2.12.